The minimum Gasteiger partial charge on any atom is -0.432 e. The number of nitrogens with zero attached hydrogens (tertiary/aromatic N) is 1. The minimum absolute atomic E-state index is 0.190. The highest BCUT2D eigenvalue weighted by Gasteiger charge is 2.30. The highest BCUT2D eigenvalue weighted by molar-refractivity contribution is 7.89. The second-order valence-electron chi connectivity index (χ2n) is 5.40. The Morgan fingerprint density at radius 1 is 1.43 bits per heavy atom. The molecule has 2 rings (SSSR count). The van der Waals surface area contributed by atoms with Gasteiger partial charge in [0, 0.05) is 13.1 Å². The van der Waals surface area contributed by atoms with Crippen molar-refractivity contribution in [2.45, 2.75) is 24.3 Å². The normalized spacial score (nSPS) is 20.0. The van der Waals surface area contributed by atoms with E-state index in [1.54, 1.807) is 7.05 Å². The van der Waals surface area contributed by atoms with E-state index in [1.165, 1.54) is 4.31 Å². The number of halogens is 3. The zero-order chi connectivity index (χ0) is 17.0. The van der Waals surface area contributed by atoms with Crippen LogP contribution in [0, 0.1) is 11.7 Å². The van der Waals surface area contributed by atoms with Crippen molar-refractivity contribution < 1.29 is 26.3 Å². The first-order valence-corrected chi connectivity index (χ1v) is 8.67. The van der Waals surface area contributed by atoms with Crippen LogP contribution in [0.15, 0.2) is 23.1 Å². The van der Waals surface area contributed by atoms with Crippen molar-refractivity contribution in [1.82, 2.24) is 9.62 Å². The topological polar surface area (TPSA) is 58.6 Å². The predicted molar refractivity (Wildman–Crippen MR) is 78.4 cm³/mol. The van der Waals surface area contributed by atoms with E-state index in [0.717, 1.165) is 25.0 Å². The molecule has 1 aliphatic heterocycles. The van der Waals surface area contributed by atoms with Gasteiger partial charge in [0.15, 0.2) is 11.6 Å². The summed E-state index contributed by atoms with van der Waals surface area (Å²) >= 11 is 0. The summed E-state index contributed by atoms with van der Waals surface area (Å²) in [6.07, 6.45) is 1.64. The number of alkyl halides is 2. The largest absolute Gasteiger partial charge is 0.432 e. The quantitative estimate of drug-likeness (QED) is 0.851. The van der Waals surface area contributed by atoms with Crippen LogP contribution in [0.3, 0.4) is 0 Å². The molecule has 0 aliphatic carbocycles. The fourth-order valence-electron chi connectivity index (χ4n) is 2.68. The minimum atomic E-state index is -3.86. The van der Waals surface area contributed by atoms with E-state index in [4.69, 9.17) is 0 Å². The van der Waals surface area contributed by atoms with E-state index in [0.29, 0.717) is 25.7 Å². The van der Waals surface area contributed by atoms with Gasteiger partial charge in [-0.25, -0.2) is 12.8 Å². The van der Waals surface area contributed by atoms with Gasteiger partial charge < -0.3 is 10.1 Å². The average Bonchev–Trinajstić information content (AvgIpc) is 2.49. The highest BCUT2D eigenvalue weighted by Crippen LogP contribution is 2.27. The number of nitrogens with one attached hydrogen (secondary N) is 1. The third kappa shape index (κ3) is 4.36. The number of hydrogen-bond donors (Lipinski definition) is 1. The molecular weight excluding hydrogens is 333 g/mol. The Bertz CT molecular complexity index is 638. The molecule has 1 atom stereocenters. The fraction of sp³-hybridized carbons (Fsp3) is 0.571. The van der Waals surface area contributed by atoms with E-state index >= 15 is 0 Å². The van der Waals surface area contributed by atoms with Crippen LogP contribution < -0.4 is 10.1 Å². The third-order valence-electron chi connectivity index (χ3n) is 3.73. The Balaban J connectivity index is 2.20. The van der Waals surface area contributed by atoms with Crippen LogP contribution in [0.25, 0.3) is 0 Å². The molecule has 0 radical (unpaired) electrons. The van der Waals surface area contributed by atoms with Gasteiger partial charge in [0.2, 0.25) is 10.0 Å². The van der Waals surface area contributed by atoms with Gasteiger partial charge in [0.25, 0.3) is 0 Å². The first kappa shape index (κ1) is 18.0. The van der Waals surface area contributed by atoms with Crippen molar-refractivity contribution in [3.63, 3.8) is 0 Å². The predicted octanol–water partition coefficient (Wildman–Crippen LogP) is 2.05. The fourth-order valence-corrected chi connectivity index (χ4v) is 4.25. The smallest absolute Gasteiger partial charge is 0.387 e. The van der Waals surface area contributed by atoms with Gasteiger partial charge in [-0.05, 0) is 50.6 Å². The van der Waals surface area contributed by atoms with Crippen molar-refractivity contribution in [3.05, 3.63) is 24.0 Å². The summed E-state index contributed by atoms with van der Waals surface area (Å²) in [5.74, 6) is -1.62. The van der Waals surface area contributed by atoms with Crippen molar-refractivity contribution in [3.8, 4) is 5.75 Å². The van der Waals surface area contributed by atoms with E-state index in [1.807, 2.05) is 0 Å². The van der Waals surface area contributed by atoms with Crippen LogP contribution in [0.4, 0.5) is 13.2 Å². The first-order chi connectivity index (χ1) is 10.8. The lowest BCUT2D eigenvalue weighted by molar-refractivity contribution is -0.0522. The lowest BCUT2D eigenvalue weighted by Gasteiger charge is -2.31. The average molecular weight is 352 g/mol. The Morgan fingerprint density at radius 2 is 2.17 bits per heavy atom. The van der Waals surface area contributed by atoms with Crippen LogP contribution in [-0.2, 0) is 10.0 Å². The number of ether oxygens (including phenoxy) is 1. The number of benzene rings is 1. The molecule has 5 nitrogen and oxygen atoms in total. The van der Waals surface area contributed by atoms with Gasteiger partial charge in [0.05, 0.1) is 4.90 Å². The number of piperidine rings is 1. The molecule has 1 fully saturated rings. The maximum Gasteiger partial charge on any atom is 0.387 e. The number of sulfonamides is 1. The molecule has 0 aromatic heterocycles. The van der Waals surface area contributed by atoms with Crippen molar-refractivity contribution in [2.24, 2.45) is 5.92 Å². The van der Waals surface area contributed by atoms with Crippen LogP contribution in [0.2, 0.25) is 0 Å². The molecule has 1 aromatic rings. The Morgan fingerprint density at radius 3 is 2.78 bits per heavy atom. The zero-order valence-corrected chi connectivity index (χ0v) is 13.5. The summed E-state index contributed by atoms with van der Waals surface area (Å²) in [5, 5.41) is 3.01. The van der Waals surface area contributed by atoms with Crippen molar-refractivity contribution in [2.75, 3.05) is 26.7 Å². The molecule has 9 heteroatoms. The van der Waals surface area contributed by atoms with E-state index in [9.17, 15) is 21.6 Å². The SMILES string of the molecule is CNCC1CCCN(S(=O)(=O)c2ccc(OC(F)F)c(F)c2)C1. The lowest BCUT2D eigenvalue weighted by atomic mass is 10.00. The van der Waals surface area contributed by atoms with Crippen LogP contribution in [0.1, 0.15) is 12.8 Å². The summed E-state index contributed by atoms with van der Waals surface area (Å²) < 4.78 is 68.4. The summed E-state index contributed by atoms with van der Waals surface area (Å²) in [6.45, 7) is -1.77. The van der Waals surface area contributed by atoms with E-state index in [2.05, 4.69) is 10.1 Å². The Labute approximate surface area is 133 Å². The molecule has 0 amide bonds. The summed E-state index contributed by atoms with van der Waals surface area (Å²) in [4.78, 5) is -0.262. The van der Waals surface area contributed by atoms with Gasteiger partial charge in [0.1, 0.15) is 0 Å². The molecule has 0 saturated carbocycles. The van der Waals surface area contributed by atoms with Crippen LogP contribution in [-0.4, -0.2) is 46.0 Å². The molecule has 0 bridgehead atoms. The molecule has 0 spiro atoms. The number of hydrogen-bond acceptors (Lipinski definition) is 4. The molecule has 23 heavy (non-hydrogen) atoms. The zero-order valence-electron chi connectivity index (χ0n) is 12.6. The van der Waals surface area contributed by atoms with Gasteiger partial charge in [-0.2, -0.15) is 13.1 Å². The van der Waals surface area contributed by atoms with Gasteiger partial charge in [-0.1, -0.05) is 0 Å². The summed E-state index contributed by atoms with van der Waals surface area (Å²) in [5.41, 5.74) is 0. The number of rotatable bonds is 6. The standard InChI is InChI=1S/C14H19F3N2O3S/c1-18-8-10-3-2-6-19(9-10)23(20,21)11-4-5-13(12(15)7-11)22-14(16)17/h4-5,7,10,14,18H,2-3,6,8-9H2,1H3. The maximum atomic E-state index is 13.8. The molecule has 1 heterocycles. The molecule has 1 N–H and O–H groups in total. The van der Waals surface area contributed by atoms with Crippen LogP contribution >= 0.6 is 0 Å². The summed E-state index contributed by atoms with van der Waals surface area (Å²) in [6, 6.07) is 2.70. The van der Waals surface area contributed by atoms with Gasteiger partial charge >= 0.3 is 6.61 Å². The van der Waals surface area contributed by atoms with Gasteiger partial charge in [-0.3, -0.25) is 0 Å². The first-order valence-electron chi connectivity index (χ1n) is 7.23. The molecule has 1 unspecified atom stereocenters. The maximum absolute atomic E-state index is 13.8. The molecule has 1 aliphatic rings. The van der Waals surface area contributed by atoms with Crippen molar-refractivity contribution in [1.29, 1.82) is 0 Å². The monoisotopic (exact) mass is 352 g/mol. The highest BCUT2D eigenvalue weighted by atomic mass is 32.2. The Hall–Kier alpha value is -1.32. The Kier molecular flexibility index (Phi) is 5.88. The molecule has 1 aromatic carbocycles. The summed E-state index contributed by atoms with van der Waals surface area (Å²) in [7, 11) is -2.06. The van der Waals surface area contributed by atoms with Gasteiger partial charge in [-0.15, -0.1) is 0 Å². The van der Waals surface area contributed by atoms with Crippen LogP contribution in [0.5, 0.6) is 5.75 Å². The van der Waals surface area contributed by atoms with Crippen molar-refractivity contribution >= 4 is 10.0 Å². The molecule has 130 valence electrons. The second-order valence-corrected chi connectivity index (χ2v) is 7.34. The molecule has 1 saturated heterocycles. The lowest BCUT2D eigenvalue weighted by Crippen LogP contribution is -2.42. The molecular formula is C14H19F3N2O3S. The third-order valence-corrected chi connectivity index (χ3v) is 5.59. The van der Waals surface area contributed by atoms with E-state index < -0.39 is 28.2 Å². The van der Waals surface area contributed by atoms with E-state index in [-0.39, 0.29) is 10.8 Å². The second kappa shape index (κ2) is 7.50.